The number of primary sulfonamides is 1. The zero-order valence-electron chi connectivity index (χ0n) is 8.10. The number of likely N-dealkylation sites (N-methyl/N-ethyl adjacent to an activating group) is 1. The Hall–Kier alpha value is -1.40. The Morgan fingerprint density at radius 3 is 2.67 bits per heavy atom. The van der Waals surface area contributed by atoms with Crippen LogP contribution in [0.2, 0.25) is 0 Å². The second kappa shape index (κ2) is 3.04. The van der Waals surface area contributed by atoms with Gasteiger partial charge in [0.05, 0.1) is 11.3 Å². The minimum absolute atomic E-state index is 0.0448. The van der Waals surface area contributed by atoms with Gasteiger partial charge >= 0.3 is 0 Å². The Morgan fingerprint density at radius 2 is 2.07 bits per heavy atom. The van der Waals surface area contributed by atoms with Gasteiger partial charge in [0.1, 0.15) is 0 Å². The molecule has 0 atom stereocenters. The van der Waals surface area contributed by atoms with Crippen molar-refractivity contribution in [2.24, 2.45) is 5.14 Å². The first-order valence-corrected chi connectivity index (χ1v) is 5.86. The van der Waals surface area contributed by atoms with E-state index >= 15 is 0 Å². The minimum atomic E-state index is -3.69. The Morgan fingerprint density at radius 1 is 1.40 bits per heavy atom. The fourth-order valence-corrected chi connectivity index (χ4v) is 2.19. The summed E-state index contributed by atoms with van der Waals surface area (Å²) in [6, 6.07) is 4.45. The maximum atomic E-state index is 11.3. The predicted octanol–water partition coefficient (Wildman–Crippen LogP) is -0.147. The van der Waals surface area contributed by atoms with Gasteiger partial charge in [0.25, 0.3) is 0 Å². The average Bonchev–Trinajstić information content (AvgIpc) is 2.41. The highest BCUT2D eigenvalue weighted by Crippen LogP contribution is 2.29. The summed E-state index contributed by atoms with van der Waals surface area (Å²) < 4.78 is 22.2. The summed E-state index contributed by atoms with van der Waals surface area (Å²) in [5.74, 6) is -0.0448. The van der Waals surface area contributed by atoms with Gasteiger partial charge in [-0.05, 0) is 23.8 Å². The minimum Gasteiger partial charge on any atom is -0.315 e. The zero-order chi connectivity index (χ0) is 11.2. The van der Waals surface area contributed by atoms with Crippen molar-refractivity contribution >= 4 is 21.6 Å². The summed E-state index contributed by atoms with van der Waals surface area (Å²) >= 11 is 0. The fraction of sp³-hybridized carbons (Fsp3) is 0.222. The average molecular weight is 226 g/mol. The van der Waals surface area contributed by atoms with Crippen LogP contribution in [0.15, 0.2) is 23.1 Å². The zero-order valence-corrected chi connectivity index (χ0v) is 8.91. The second-order valence-corrected chi connectivity index (χ2v) is 5.03. The van der Waals surface area contributed by atoms with Gasteiger partial charge in [0.15, 0.2) is 0 Å². The summed E-state index contributed by atoms with van der Waals surface area (Å²) in [4.78, 5) is 12.9. The van der Waals surface area contributed by atoms with Crippen LogP contribution in [0.25, 0.3) is 0 Å². The Bertz CT molecular complexity index is 536. The molecule has 0 saturated heterocycles. The molecule has 0 spiro atoms. The molecule has 2 rings (SSSR count). The molecule has 6 heteroatoms. The normalized spacial score (nSPS) is 15.6. The number of hydrogen-bond acceptors (Lipinski definition) is 3. The standard InChI is InChI=1S/C9H10N2O3S/c1-11-8-3-2-7(15(10,13)14)4-6(8)5-9(11)12/h2-4H,5H2,1H3,(H2,10,13,14). The molecule has 0 unspecified atom stereocenters. The van der Waals surface area contributed by atoms with Crippen LogP contribution in [-0.2, 0) is 21.2 Å². The number of sulfonamides is 1. The molecule has 1 aromatic carbocycles. The van der Waals surface area contributed by atoms with Gasteiger partial charge in [-0.2, -0.15) is 0 Å². The highest BCUT2D eigenvalue weighted by molar-refractivity contribution is 7.89. The summed E-state index contributed by atoms with van der Waals surface area (Å²) in [6.07, 6.45) is 0.231. The lowest BCUT2D eigenvalue weighted by Gasteiger charge is -2.09. The first kappa shape index (κ1) is 10.1. The third kappa shape index (κ3) is 1.62. The van der Waals surface area contributed by atoms with Crippen molar-refractivity contribution in [3.05, 3.63) is 23.8 Å². The first-order chi connectivity index (χ1) is 6.89. The molecule has 1 aromatic rings. The topological polar surface area (TPSA) is 80.5 Å². The fourth-order valence-electron chi connectivity index (χ4n) is 1.62. The third-order valence-electron chi connectivity index (χ3n) is 2.46. The summed E-state index contributed by atoms with van der Waals surface area (Å²) in [5, 5.41) is 4.99. The van der Waals surface area contributed by atoms with E-state index in [0.717, 1.165) is 5.69 Å². The smallest absolute Gasteiger partial charge is 0.238 e. The summed E-state index contributed by atoms with van der Waals surface area (Å²) in [5.41, 5.74) is 1.45. The molecule has 1 aliphatic heterocycles. The Labute approximate surface area is 87.5 Å². The van der Waals surface area contributed by atoms with E-state index in [2.05, 4.69) is 0 Å². The van der Waals surface area contributed by atoms with Crippen LogP contribution in [-0.4, -0.2) is 21.4 Å². The quantitative estimate of drug-likeness (QED) is 0.723. The van der Waals surface area contributed by atoms with Crippen molar-refractivity contribution in [1.82, 2.24) is 0 Å². The van der Waals surface area contributed by atoms with Crippen molar-refractivity contribution in [2.75, 3.05) is 11.9 Å². The number of amides is 1. The molecular weight excluding hydrogens is 216 g/mol. The maximum absolute atomic E-state index is 11.3. The number of rotatable bonds is 1. The molecule has 80 valence electrons. The lowest BCUT2D eigenvalue weighted by Crippen LogP contribution is -2.20. The molecule has 1 heterocycles. The third-order valence-corrected chi connectivity index (χ3v) is 3.37. The van der Waals surface area contributed by atoms with E-state index in [1.165, 1.54) is 17.0 Å². The van der Waals surface area contributed by atoms with E-state index in [4.69, 9.17) is 5.14 Å². The van der Waals surface area contributed by atoms with Crippen LogP contribution < -0.4 is 10.0 Å². The van der Waals surface area contributed by atoms with Crippen LogP contribution in [0.1, 0.15) is 5.56 Å². The van der Waals surface area contributed by atoms with Crippen molar-refractivity contribution in [2.45, 2.75) is 11.3 Å². The number of nitrogens with two attached hydrogens (primary N) is 1. The number of carbonyl (C=O) groups excluding carboxylic acids is 1. The first-order valence-electron chi connectivity index (χ1n) is 4.32. The van der Waals surface area contributed by atoms with Gasteiger partial charge in [-0.1, -0.05) is 0 Å². The van der Waals surface area contributed by atoms with Crippen molar-refractivity contribution in [1.29, 1.82) is 0 Å². The molecule has 1 amide bonds. The van der Waals surface area contributed by atoms with E-state index in [9.17, 15) is 13.2 Å². The van der Waals surface area contributed by atoms with Crippen LogP contribution in [0, 0.1) is 0 Å². The molecule has 0 aliphatic carbocycles. The van der Waals surface area contributed by atoms with Gasteiger partial charge in [-0.3, -0.25) is 4.79 Å². The molecule has 0 saturated carbocycles. The van der Waals surface area contributed by atoms with Crippen LogP contribution in [0.3, 0.4) is 0 Å². The molecule has 15 heavy (non-hydrogen) atoms. The molecule has 5 nitrogen and oxygen atoms in total. The van der Waals surface area contributed by atoms with E-state index in [1.54, 1.807) is 13.1 Å². The lowest BCUT2D eigenvalue weighted by atomic mass is 10.2. The SMILES string of the molecule is CN1C(=O)Cc2cc(S(N)(=O)=O)ccc21. The van der Waals surface area contributed by atoms with Crippen molar-refractivity contribution < 1.29 is 13.2 Å². The van der Waals surface area contributed by atoms with Gasteiger partial charge < -0.3 is 4.90 Å². The van der Waals surface area contributed by atoms with Crippen LogP contribution in [0.5, 0.6) is 0 Å². The monoisotopic (exact) mass is 226 g/mol. The van der Waals surface area contributed by atoms with Crippen LogP contribution >= 0.6 is 0 Å². The number of anilines is 1. The van der Waals surface area contributed by atoms with Gasteiger partial charge in [-0.15, -0.1) is 0 Å². The maximum Gasteiger partial charge on any atom is 0.238 e. The second-order valence-electron chi connectivity index (χ2n) is 3.47. The largest absolute Gasteiger partial charge is 0.315 e. The van der Waals surface area contributed by atoms with Gasteiger partial charge in [0.2, 0.25) is 15.9 Å². The highest BCUT2D eigenvalue weighted by Gasteiger charge is 2.25. The van der Waals surface area contributed by atoms with Crippen molar-refractivity contribution in [3.63, 3.8) is 0 Å². The molecule has 0 radical (unpaired) electrons. The molecule has 1 aliphatic rings. The summed E-state index contributed by atoms with van der Waals surface area (Å²) in [6.45, 7) is 0. The van der Waals surface area contributed by atoms with E-state index in [0.29, 0.717) is 5.56 Å². The van der Waals surface area contributed by atoms with E-state index in [1.807, 2.05) is 0 Å². The number of fused-ring (bicyclic) bond motifs is 1. The van der Waals surface area contributed by atoms with Crippen LogP contribution in [0.4, 0.5) is 5.69 Å². The number of nitrogens with zero attached hydrogens (tertiary/aromatic N) is 1. The Balaban J connectivity index is 2.56. The van der Waals surface area contributed by atoms with E-state index < -0.39 is 10.0 Å². The lowest BCUT2D eigenvalue weighted by molar-refractivity contribution is -0.117. The summed E-state index contributed by atoms with van der Waals surface area (Å²) in [7, 11) is -2.03. The molecule has 0 fully saturated rings. The van der Waals surface area contributed by atoms with E-state index in [-0.39, 0.29) is 17.2 Å². The van der Waals surface area contributed by atoms with Crippen molar-refractivity contribution in [3.8, 4) is 0 Å². The molecule has 0 bridgehead atoms. The molecule has 0 aromatic heterocycles. The number of hydrogen-bond donors (Lipinski definition) is 1. The van der Waals surface area contributed by atoms with Gasteiger partial charge in [0, 0.05) is 12.7 Å². The predicted molar refractivity (Wildman–Crippen MR) is 54.9 cm³/mol. The Kier molecular flexibility index (Phi) is 2.06. The van der Waals surface area contributed by atoms with Gasteiger partial charge in [-0.25, -0.2) is 13.6 Å². The molecule has 2 N–H and O–H groups in total. The molecular formula is C9H10N2O3S. The highest BCUT2D eigenvalue weighted by atomic mass is 32.2. The number of carbonyl (C=O) groups is 1. The number of benzene rings is 1.